The number of aromatic nitrogens is 1. The number of hydrogen-bond acceptors (Lipinski definition) is 7. The number of phenols is 1. The van der Waals surface area contributed by atoms with Crippen molar-refractivity contribution < 1.29 is 19.5 Å². The maximum absolute atomic E-state index is 13.7. The highest BCUT2D eigenvalue weighted by Crippen LogP contribution is 2.68. The van der Waals surface area contributed by atoms with Gasteiger partial charge in [0.1, 0.15) is 5.75 Å². The number of nitrogens with one attached hydrogen (secondary N) is 2. The number of amides is 3. The summed E-state index contributed by atoms with van der Waals surface area (Å²) in [4.78, 5) is 57.4. The minimum Gasteiger partial charge on any atom is -0.508 e. The number of aromatic amines is 1. The number of nitrogens with zero attached hydrogens (tertiary/aromatic N) is 1. The van der Waals surface area contributed by atoms with E-state index in [9.17, 15) is 24.3 Å². The first-order valence-corrected chi connectivity index (χ1v) is 14.9. The van der Waals surface area contributed by atoms with E-state index in [2.05, 4.69) is 10.3 Å². The molecule has 3 N–H and O–H groups in total. The molecule has 3 heterocycles. The normalized spacial score (nSPS) is 30.3. The van der Waals surface area contributed by atoms with E-state index in [0.717, 1.165) is 27.5 Å². The third kappa shape index (κ3) is 3.87. The molecule has 2 aliphatic carbocycles. The number of rotatable bonds is 5. The second-order valence-electron chi connectivity index (χ2n) is 11.0. The Morgan fingerprint density at radius 3 is 2.44 bits per heavy atom. The van der Waals surface area contributed by atoms with Gasteiger partial charge in [-0.05, 0) is 60.9 Å². The number of aromatic hydroxyl groups is 1. The Morgan fingerprint density at radius 1 is 1.03 bits per heavy atom. The number of likely N-dealkylation sites (tertiary alicyclic amines) is 1. The Hall–Kier alpha value is -3.37. The van der Waals surface area contributed by atoms with Crippen molar-refractivity contribution >= 4 is 46.5 Å². The molecule has 2 aliphatic heterocycles. The van der Waals surface area contributed by atoms with Crippen LogP contribution in [0.25, 0.3) is 0 Å². The highest BCUT2D eigenvalue weighted by molar-refractivity contribution is 8.00. The van der Waals surface area contributed by atoms with Crippen LogP contribution in [0.15, 0.2) is 58.4 Å². The maximum atomic E-state index is 13.7. The molecule has 39 heavy (non-hydrogen) atoms. The van der Waals surface area contributed by atoms with Crippen LogP contribution < -0.4 is 10.2 Å². The van der Waals surface area contributed by atoms with Crippen LogP contribution in [0.4, 0.5) is 5.69 Å². The SMILES string of the molecule is Cc1ccc(NC(=O)CCN2C(=O)C3C4CC(C3C2=O)C2C(c3ccc(O)cc3)c3sc(=O)[nH]c3SC42)cc1. The highest BCUT2D eigenvalue weighted by atomic mass is 32.2. The van der Waals surface area contributed by atoms with Crippen molar-refractivity contribution in [1.82, 2.24) is 9.88 Å². The van der Waals surface area contributed by atoms with Gasteiger partial charge in [0.2, 0.25) is 17.7 Å². The number of thioether (sulfide) groups is 1. The summed E-state index contributed by atoms with van der Waals surface area (Å²) in [5, 5.41) is 13.7. The van der Waals surface area contributed by atoms with Crippen LogP contribution >= 0.6 is 23.1 Å². The molecule has 4 aliphatic rings. The predicted molar refractivity (Wildman–Crippen MR) is 148 cm³/mol. The molecule has 2 saturated carbocycles. The predicted octanol–water partition coefficient (Wildman–Crippen LogP) is 3.95. The second-order valence-corrected chi connectivity index (χ2v) is 13.2. The van der Waals surface area contributed by atoms with Crippen molar-refractivity contribution in [1.29, 1.82) is 0 Å². The number of hydrogen-bond donors (Lipinski definition) is 3. The first-order chi connectivity index (χ1) is 18.8. The summed E-state index contributed by atoms with van der Waals surface area (Å²) in [6.45, 7) is 2.05. The lowest BCUT2D eigenvalue weighted by molar-refractivity contribution is -0.141. The van der Waals surface area contributed by atoms with E-state index < -0.39 is 0 Å². The molecule has 1 aromatic heterocycles. The van der Waals surface area contributed by atoms with Crippen molar-refractivity contribution in [3.05, 3.63) is 74.2 Å². The topological polar surface area (TPSA) is 120 Å². The molecular weight excluding hydrogens is 534 g/mol. The maximum Gasteiger partial charge on any atom is 0.305 e. The molecule has 1 saturated heterocycles. The zero-order valence-electron chi connectivity index (χ0n) is 21.1. The van der Waals surface area contributed by atoms with Crippen LogP contribution in [-0.2, 0) is 14.4 Å². The summed E-state index contributed by atoms with van der Waals surface area (Å²) in [5.74, 6) is -1.06. The van der Waals surface area contributed by atoms with Gasteiger partial charge in [-0.2, -0.15) is 0 Å². The van der Waals surface area contributed by atoms with Crippen molar-refractivity contribution in [3.63, 3.8) is 0 Å². The molecule has 2 aromatic carbocycles. The summed E-state index contributed by atoms with van der Waals surface area (Å²) < 4.78 is 0. The second kappa shape index (κ2) is 9.09. The van der Waals surface area contributed by atoms with E-state index >= 15 is 0 Å². The molecule has 3 amide bonds. The standard InChI is InChI=1S/C29H27N3O5S2/c1-13-2-6-15(7-3-13)30-19(34)10-11-32-27(35)22-17-12-18(23(22)28(32)36)24-21(17)20(14-4-8-16(33)9-5-14)25-26(38-24)31-29(37)39-25/h2-9,17-18,20-24,33H,10-12H2,1H3,(H,30,34)(H,31,37). The summed E-state index contributed by atoms with van der Waals surface area (Å²) in [6.07, 6.45) is 0.862. The smallest absolute Gasteiger partial charge is 0.305 e. The molecule has 10 heteroatoms. The lowest BCUT2D eigenvalue weighted by atomic mass is 9.68. The van der Waals surface area contributed by atoms with E-state index in [1.54, 1.807) is 23.9 Å². The number of H-pyrrole nitrogens is 1. The number of thiazole rings is 1. The number of imide groups is 1. The summed E-state index contributed by atoms with van der Waals surface area (Å²) in [7, 11) is 0. The van der Waals surface area contributed by atoms with E-state index in [4.69, 9.17) is 0 Å². The first-order valence-electron chi connectivity index (χ1n) is 13.2. The van der Waals surface area contributed by atoms with Gasteiger partial charge in [-0.25, -0.2) is 0 Å². The Labute approximate surface area is 232 Å². The molecule has 2 bridgehead atoms. The number of phenolic OH excluding ortho intramolecular Hbond substituents is 1. The van der Waals surface area contributed by atoms with Gasteiger partial charge >= 0.3 is 4.87 Å². The average Bonchev–Trinajstić information content (AvgIpc) is 3.64. The largest absolute Gasteiger partial charge is 0.508 e. The minimum atomic E-state index is -0.388. The molecule has 7 unspecified atom stereocenters. The van der Waals surface area contributed by atoms with Gasteiger partial charge in [-0.3, -0.25) is 24.1 Å². The zero-order valence-corrected chi connectivity index (χ0v) is 22.8. The quantitative estimate of drug-likeness (QED) is 0.406. The van der Waals surface area contributed by atoms with Gasteiger partial charge in [0.15, 0.2) is 0 Å². The third-order valence-corrected chi connectivity index (χ3v) is 11.6. The van der Waals surface area contributed by atoms with Crippen molar-refractivity contribution in [2.75, 3.05) is 11.9 Å². The number of carbonyl (C=O) groups excluding carboxylic acids is 3. The lowest BCUT2D eigenvalue weighted by Crippen LogP contribution is -2.42. The van der Waals surface area contributed by atoms with Crippen LogP contribution in [0.5, 0.6) is 5.75 Å². The molecule has 7 rings (SSSR count). The summed E-state index contributed by atoms with van der Waals surface area (Å²) in [6, 6.07) is 14.6. The van der Waals surface area contributed by atoms with Crippen molar-refractivity contribution in [2.24, 2.45) is 29.6 Å². The fraction of sp³-hybridized carbons (Fsp3) is 0.379. The minimum absolute atomic E-state index is 0.0180. The number of aryl methyl sites for hydroxylation is 1. The molecule has 0 spiro atoms. The van der Waals surface area contributed by atoms with Crippen molar-refractivity contribution in [2.45, 2.75) is 36.0 Å². The van der Waals surface area contributed by atoms with Gasteiger partial charge in [-0.15, -0.1) is 11.8 Å². The van der Waals surface area contributed by atoms with E-state index in [1.807, 2.05) is 43.3 Å². The average molecular weight is 562 g/mol. The fourth-order valence-corrected chi connectivity index (χ4v) is 10.3. The van der Waals surface area contributed by atoms with Gasteiger partial charge < -0.3 is 15.4 Å². The molecule has 7 atom stereocenters. The van der Waals surface area contributed by atoms with Crippen LogP contribution in [-0.4, -0.2) is 44.5 Å². The number of carbonyl (C=O) groups is 3. The number of anilines is 1. The first kappa shape index (κ1) is 24.7. The molecule has 200 valence electrons. The van der Waals surface area contributed by atoms with Gasteiger partial charge in [0.05, 0.1) is 16.9 Å². The van der Waals surface area contributed by atoms with Gasteiger partial charge in [0.25, 0.3) is 0 Å². The van der Waals surface area contributed by atoms with Gasteiger partial charge in [0, 0.05) is 34.7 Å². The zero-order chi connectivity index (χ0) is 27.0. The fourth-order valence-electron chi connectivity index (χ4n) is 7.43. The Balaban J connectivity index is 1.14. The monoisotopic (exact) mass is 561 g/mol. The lowest BCUT2D eigenvalue weighted by Gasteiger charge is -2.43. The van der Waals surface area contributed by atoms with Crippen LogP contribution in [0.2, 0.25) is 0 Å². The molecular formula is C29H27N3O5S2. The van der Waals surface area contributed by atoms with E-state index in [0.29, 0.717) is 5.69 Å². The molecule has 0 radical (unpaired) electrons. The van der Waals surface area contributed by atoms with Crippen LogP contribution in [0, 0.1) is 36.5 Å². The molecule has 8 nitrogen and oxygen atoms in total. The van der Waals surface area contributed by atoms with Crippen LogP contribution in [0.1, 0.15) is 34.8 Å². The van der Waals surface area contributed by atoms with Crippen molar-refractivity contribution in [3.8, 4) is 5.75 Å². The summed E-state index contributed by atoms with van der Waals surface area (Å²) >= 11 is 2.86. The molecule has 3 aromatic rings. The molecule has 3 fully saturated rings. The third-order valence-electron chi connectivity index (χ3n) is 8.97. The summed E-state index contributed by atoms with van der Waals surface area (Å²) in [5.41, 5.74) is 2.78. The Kier molecular flexibility index (Phi) is 5.75. The Morgan fingerprint density at radius 2 is 1.72 bits per heavy atom. The van der Waals surface area contributed by atoms with Gasteiger partial charge in [-0.1, -0.05) is 41.2 Å². The van der Waals surface area contributed by atoms with E-state index in [1.165, 1.54) is 16.2 Å². The van der Waals surface area contributed by atoms with Crippen LogP contribution in [0.3, 0.4) is 0 Å². The number of fused-ring (bicyclic) bond motifs is 9. The van der Waals surface area contributed by atoms with E-state index in [-0.39, 0.29) is 82.1 Å². The highest BCUT2D eigenvalue weighted by Gasteiger charge is 2.69. The Bertz CT molecular complexity index is 1550. The number of benzene rings is 2.